The summed E-state index contributed by atoms with van der Waals surface area (Å²) in [5.74, 6) is -0.306. The molecule has 0 aromatic heterocycles. The van der Waals surface area contributed by atoms with Crippen LogP contribution in [0.2, 0.25) is 0 Å². The molecule has 116 valence electrons. The Morgan fingerprint density at radius 2 is 1.82 bits per heavy atom. The van der Waals surface area contributed by atoms with Crippen molar-refractivity contribution < 1.29 is 17.9 Å². The smallest absolute Gasteiger partial charge is 0.308 e. The van der Waals surface area contributed by atoms with Gasteiger partial charge in [-0.2, -0.15) is 0 Å². The highest BCUT2D eigenvalue weighted by molar-refractivity contribution is 7.92. The van der Waals surface area contributed by atoms with E-state index in [0.717, 1.165) is 12.0 Å². The second-order valence-electron chi connectivity index (χ2n) is 4.70. The lowest BCUT2D eigenvalue weighted by Gasteiger charge is -2.13. The summed E-state index contributed by atoms with van der Waals surface area (Å²) < 4.78 is 32.2. The van der Waals surface area contributed by atoms with Crippen LogP contribution in [-0.2, 0) is 21.2 Å². The Balaban J connectivity index is 2.38. The molecule has 0 radical (unpaired) electrons. The molecule has 2 rings (SSSR count). The number of ether oxygens (including phenoxy) is 1. The van der Waals surface area contributed by atoms with E-state index in [1.807, 2.05) is 6.92 Å². The van der Waals surface area contributed by atoms with Crippen LogP contribution in [0.5, 0.6) is 5.75 Å². The Morgan fingerprint density at radius 3 is 2.41 bits per heavy atom. The normalized spacial score (nSPS) is 11.0. The van der Waals surface area contributed by atoms with E-state index in [-0.39, 0.29) is 16.3 Å². The van der Waals surface area contributed by atoms with Gasteiger partial charge in [0.2, 0.25) is 0 Å². The van der Waals surface area contributed by atoms with Crippen molar-refractivity contribution in [2.45, 2.75) is 25.2 Å². The summed E-state index contributed by atoms with van der Waals surface area (Å²) in [6.07, 6.45) is 0.750. The summed E-state index contributed by atoms with van der Waals surface area (Å²) in [6.45, 7) is 3.23. The molecule has 22 heavy (non-hydrogen) atoms. The number of sulfonamides is 1. The molecule has 5 nitrogen and oxygen atoms in total. The van der Waals surface area contributed by atoms with Crippen molar-refractivity contribution in [2.24, 2.45) is 0 Å². The van der Waals surface area contributed by atoms with Gasteiger partial charge in [-0.3, -0.25) is 9.52 Å². The zero-order chi connectivity index (χ0) is 16.2. The summed E-state index contributed by atoms with van der Waals surface area (Å²) in [6, 6.07) is 13.0. The molecule has 0 saturated carbocycles. The predicted octanol–water partition coefficient (Wildman–Crippen LogP) is 2.98. The quantitative estimate of drug-likeness (QED) is 0.679. The van der Waals surface area contributed by atoms with Crippen LogP contribution >= 0.6 is 0 Å². The van der Waals surface area contributed by atoms with Gasteiger partial charge in [0, 0.05) is 6.92 Å². The lowest BCUT2D eigenvalue weighted by atomic mass is 10.1. The minimum absolute atomic E-state index is 0.142. The van der Waals surface area contributed by atoms with Crippen molar-refractivity contribution in [1.29, 1.82) is 0 Å². The zero-order valence-corrected chi connectivity index (χ0v) is 13.2. The monoisotopic (exact) mass is 319 g/mol. The molecule has 0 atom stereocenters. The molecule has 0 saturated heterocycles. The summed E-state index contributed by atoms with van der Waals surface area (Å²) in [4.78, 5) is 11.3. The minimum atomic E-state index is -3.73. The fraction of sp³-hybridized carbons (Fsp3) is 0.188. The van der Waals surface area contributed by atoms with Crippen molar-refractivity contribution in [3.63, 3.8) is 0 Å². The van der Waals surface area contributed by atoms with E-state index in [1.165, 1.54) is 19.1 Å². The second-order valence-corrected chi connectivity index (χ2v) is 6.38. The SMILES string of the molecule is CCc1ccc(NS(=O)(=O)c2ccccc2)c(OC(C)=O)c1. The Hall–Kier alpha value is -2.34. The van der Waals surface area contributed by atoms with Crippen molar-refractivity contribution in [1.82, 2.24) is 0 Å². The number of anilines is 1. The molecule has 0 heterocycles. The molecule has 2 aromatic rings. The number of hydrogen-bond donors (Lipinski definition) is 1. The first-order valence-corrected chi connectivity index (χ1v) is 8.30. The van der Waals surface area contributed by atoms with Crippen molar-refractivity contribution in [2.75, 3.05) is 4.72 Å². The van der Waals surface area contributed by atoms with E-state index < -0.39 is 16.0 Å². The van der Waals surface area contributed by atoms with E-state index >= 15 is 0 Å². The van der Waals surface area contributed by atoms with Gasteiger partial charge in [0.1, 0.15) is 0 Å². The summed E-state index contributed by atoms with van der Waals surface area (Å²) in [5, 5.41) is 0. The minimum Gasteiger partial charge on any atom is -0.424 e. The highest BCUT2D eigenvalue weighted by Crippen LogP contribution is 2.28. The molecular formula is C16H17NO4S. The molecular weight excluding hydrogens is 302 g/mol. The molecule has 0 fully saturated rings. The van der Waals surface area contributed by atoms with Gasteiger partial charge in [-0.1, -0.05) is 31.2 Å². The maximum Gasteiger partial charge on any atom is 0.308 e. The van der Waals surface area contributed by atoms with Gasteiger partial charge in [-0.05, 0) is 36.2 Å². The third kappa shape index (κ3) is 3.85. The van der Waals surface area contributed by atoms with E-state index in [9.17, 15) is 13.2 Å². The Bertz CT molecular complexity index is 770. The van der Waals surface area contributed by atoms with Crippen LogP contribution in [0.3, 0.4) is 0 Å². The van der Waals surface area contributed by atoms with E-state index in [1.54, 1.807) is 36.4 Å². The fourth-order valence-corrected chi connectivity index (χ4v) is 3.01. The van der Waals surface area contributed by atoms with Gasteiger partial charge < -0.3 is 4.74 Å². The first-order chi connectivity index (χ1) is 10.4. The number of benzene rings is 2. The molecule has 1 N–H and O–H groups in total. The van der Waals surface area contributed by atoms with Crippen LogP contribution in [0.1, 0.15) is 19.4 Å². The van der Waals surface area contributed by atoms with Gasteiger partial charge in [0.05, 0.1) is 10.6 Å². The van der Waals surface area contributed by atoms with Crippen LogP contribution in [0.4, 0.5) is 5.69 Å². The zero-order valence-electron chi connectivity index (χ0n) is 12.4. The van der Waals surface area contributed by atoms with Crippen LogP contribution in [-0.4, -0.2) is 14.4 Å². The first kappa shape index (κ1) is 16.0. The molecule has 0 amide bonds. The van der Waals surface area contributed by atoms with E-state index in [0.29, 0.717) is 0 Å². The van der Waals surface area contributed by atoms with Crippen LogP contribution < -0.4 is 9.46 Å². The average molecular weight is 319 g/mol. The van der Waals surface area contributed by atoms with Gasteiger partial charge in [-0.25, -0.2) is 8.42 Å². The molecule has 0 aliphatic rings. The maximum atomic E-state index is 12.3. The third-order valence-electron chi connectivity index (χ3n) is 3.01. The molecule has 2 aromatic carbocycles. The number of nitrogens with one attached hydrogen (secondary N) is 1. The summed E-state index contributed by atoms with van der Waals surface area (Å²) >= 11 is 0. The highest BCUT2D eigenvalue weighted by atomic mass is 32.2. The molecule has 0 aliphatic carbocycles. The molecule has 0 aliphatic heterocycles. The number of esters is 1. The Morgan fingerprint density at radius 1 is 1.14 bits per heavy atom. The van der Waals surface area contributed by atoms with Gasteiger partial charge in [-0.15, -0.1) is 0 Å². The fourth-order valence-electron chi connectivity index (χ4n) is 1.91. The van der Waals surface area contributed by atoms with Crippen LogP contribution in [0, 0.1) is 0 Å². The van der Waals surface area contributed by atoms with Gasteiger partial charge in [0.25, 0.3) is 10.0 Å². The van der Waals surface area contributed by atoms with Crippen molar-refractivity contribution >= 4 is 21.7 Å². The largest absolute Gasteiger partial charge is 0.424 e. The summed E-state index contributed by atoms with van der Waals surface area (Å²) in [7, 11) is -3.73. The van der Waals surface area contributed by atoms with Crippen molar-refractivity contribution in [3.8, 4) is 5.75 Å². The molecule has 0 unspecified atom stereocenters. The Kier molecular flexibility index (Phi) is 4.82. The maximum absolute atomic E-state index is 12.3. The summed E-state index contributed by atoms with van der Waals surface area (Å²) in [5.41, 5.74) is 1.18. The standard InChI is InChI=1S/C16H17NO4S/c1-3-13-9-10-15(16(11-13)21-12(2)18)17-22(19,20)14-7-5-4-6-8-14/h4-11,17H,3H2,1-2H3. The highest BCUT2D eigenvalue weighted by Gasteiger charge is 2.17. The van der Waals surface area contributed by atoms with Crippen LogP contribution in [0.15, 0.2) is 53.4 Å². The lowest BCUT2D eigenvalue weighted by Crippen LogP contribution is -2.14. The topological polar surface area (TPSA) is 72.5 Å². The number of hydrogen-bond acceptors (Lipinski definition) is 4. The number of carbonyl (C=O) groups excluding carboxylic acids is 1. The number of carbonyl (C=O) groups is 1. The number of aryl methyl sites for hydroxylation is 1. The van der Waals surface area contributed by atoms with Crippen molar-refractivity contribution in [3.05, 3.63) is 54.1 Å². The molecule has 0 bridgehead atoms. The third-order valence-corrected chi connectivity index (χ3v) is 4.39. The van der Waals surface area contributed by atoms with E-state index in [2.05, 4.69) is 4.72 Å². The first-order valence-electron chi connectivity index (χ1n) is 6.81. The predicted molar refractivity (Wildman–Crippen MR) is 84.4 cm³/mol. The van der Waals surface area contributed by atoms with Crippen LogP contribution in [0.25, 0.3) is 0 Å². The lowest BCUT2D eigenvalue weighted by molar-refractivity contribution is -0.131. The average Bonchev–Trinajstić information content (AvgIpc) is 2.49. The Labute approximate surface area is 130 Å². The molecule has 0 spiro atoms. The van der Waals surface area contributed by atoms with Gasteiger partial charge >= 0.3 is 5.97 Å². The molecule has 6 heteroatoms. The van der Waals surface area contributed by atoms with E-state index in [4.69, 9.17) is 4.74 Å². The van der Waals surface area contributed by atoms with Gasteiger partial charge in [0.15, 0.2) is 5.75 Å². The second kappa shape index (κ2) is 6.62. The number of rotatable bonds is 5.